The van der Waals surface area contributed by atoms with Crippen molar-refractivity contribution in [3.63, 3.8) is 0 Å². The Labute approximate surface area is 169 Å². The maximum absolute atomic E-state index is 14.5. The maximum Gasteiger partial charge on any atom is 0.341 e. The van der Waals surface area contributed by atoms with Gasteiger partial charge in [0, 0.05) is 6.07 Å². The number of ether oxygens (including phenoxy) is 2. The summed E-state index contributed by atoms with van der Waals surface area (Å²) in [6.07, 6.45) is 0. The molecule has 0 spiro atoms. The number of ketones is 1. The number of hydrogen-bond donors (Lipinski definition) is 0. The molecule has 1 atom stereocenters. The molecular formula is C19H13F5O5S. The summed E-state index contributed by atoms with van der Waals surface area (Å²) in [5, 5.41) is 0. The Morgan fingerprint density at radius 1 is 1.03 bits per heavy atom. The molecule has 0 aromatic heterocycles. The minimum atomic E-state index is -3.04. The largest absolute Gasteiger partial charge is 0.497 e. The van der Waals surface area contributed by atoms with Gasteiger partial charge >= 0.3 is 5.97 Å². The summed E-state index contributed by atoms with van der Waals surface area (Å²) < 4.78 is 92.8. The van der Waals surface area contributed by atoms with E-state index in [0.717, 1.165) is 18.2 Å². The van der Waals surface area contributed by atoms with E-state index in [1.165, 1.54) is 14.0 Å². The summed E-state index contributed by atoms with van der Waals surface area (Å²) in [5.41, 5.74) is -2.63. The van der Waals surface area contributed by atoms with E-state index in [4.69, 9.17) is 4.74 Å². The molecule has 1 unspecified atom stereocenters. The van der Waals surface area contributed by atoms with E-state index in [1.807, 2.05) is 0 Å². The Morgan fingerprint density at radius 3 is 2.17 bits per heavy atom. The summed E-state index contributed by atoms with van der Waals surface area (Å²) in [6.45, 7) is 4.23. The Morgan fingerprint density at radius 2 is 1.63 bits per heavy atom. The predicted octanol–water partition coefficient (Wildman–Crippen LogP) is 3.86. The van der Waals surface area contributed by atoms with Crippen molar-refractivity contribution >= 4 is 22.6 Å². The Kier molecular flexibility index (Phi) is 7.08. The van der Waals surface area contributed by atoms with Crippen molar-refractivity contribution in [2.24, 2.45) is 0 Å². The van der Waals surface area contributed by atoms with Gasteiger partial charge in [-0.05, 0) is 19.1 Å². The van der Waals surface area contributed by atoms with Gasteiger partial charge in [0.25, 0.3) is 0 Å². The third kappa shape index (κ3) is 4.11. The van der Waals surface area contributed by atoms with Gasteiger partial charge < -0.3 is 9.47 Å². The van der Waals surface area contributed by atoms with Crippen LogP contribution in [0.1, 0.15) is 17.3 Å². The van der Waals surface area contributed by atoms with Crippen LogP contribution in [0.3, 0.4) is 0 Å². The highest BCUT2D eigenvalue weighted by Gasteiger charge is 2.35. The minimum absolute atomic E-state index is 0.0165. The molecule has 2 aromatic rings. The monoisotopic (exact) mass is 448 g/mol. The molecule has 0 aliphatic rings. The first kappa shape index (κ1) is 23.2. The van der Waals surface area contributed by atoms with Crippen LogP contribution in [0.25, 0.3) is 0 Å². The quantitative estimate of drug-likeness (QED) is 0.0941. The number of esters is 1. The van der Waals surface area contributed by atoms with Crippen molar-refractivity contribution in [1.29, 1.82) is 0 Å². The second-order valence-electron chi connectivity index (χ2n) is 5.55. The lowest BCUT2D eigenvalue weighted by Crippen LogP contribution is -2.21. The molecule has 0 amide bonds. The van der Waals surface area contributed by atoms with Gasteiger partial charge in [-0.3, -0.25) is 4.79 Å². The van der Waals surface area contributed by atoms with E-state index in [9.17, 15) is 35.8 Å². The minimum Gasteiger partial charge on any atom is -0.497 e. The van der Waals surface area contributed by atoms with E-state index >= 15 is 0 Å². The van der Waals surface area contributed by atoms with E-state index in [2.05, 4.69) is 11.3 Å². The molecule has 0 radical (unpaired) electrons. The van der Waals surface area contributed by atoms with Crippen molar-refractivity contribution < 1.29 is 45.2 Å². The molecule has 2 rings (SSSR count). The summed E-state index contributed by atoms with van der Waals surface area (Å²) in [6, 6.07) is 2.72. The van der Waals surface area contributed by atoms with E-state index in [0.29, 0.717) is 0 Å². The van der Waals surface area contributed by atoms with Crippen LogP contribution in [0.15, 0.2) is 40.1 Å². The zero-order chi connectivity index (χ0) is 22.7. The maximum atomic E-state index is 14.5. The standard InChI is InChI=1S/C19H13F5O5S/c1-4-29-19(26)8(2)17(25)12-13(21)14(22)15(23)16(24)18(12)30(27)11-6-5-9(28-3)7-10(11)20/h5-7H,2,4H2,1,3H3. The molecule has 0 aliphatic heterocycles. The SMILES string of the molecule is C=C(C(=O)OCC)C(=O)c1c(F)c(F)c(F)c(F)c1S(=O)c1ccc(OC)cc1F. The Hall–Kier alpha value is -3.08. The zero-order valence-corrected chi connectivity index (χ0v) is 16.3. The molecule has 0 saturated carbocycles. The number of carbonyl (C=O) groups excluding carboxylic acids is 2. The zero-order valence-electron chi connectivity index (χ0n) is 15.5. The van der Waals surface area contributed by atoms with Crippen LogP contribution in [0.5, 0.6) is 5.75 Å². The van der Waals surface area contributed by atoms with Crippen molar-refractivity contribution in [2.75, 3.05) is 13.7 Å². The summed E-state index contributed by atoms with van der Waals surface area (Å²) in [7, 11) is -1.84. The molecule has 0 bridgehead atoms. The average molecular weight is 448 g/mol. The van der Waals surface area contributed by atoms with Crippen LogP contribution in [-0.4, -0.2) is 29.7 Å². The lowest BCUT2D eigenvalue weighted by atomic mass is 10.0. The molecular weight excluding hydrogens is 435 g/mol. The summed E-state index contributed by atoms with van der Waals surface area (Å²) >= 11 is 0. The normalized spacial score (nSPS) is 11.7. The molecule has 11 heteroatoms. The van der Waals surface area contributed by atoms with Crippen molar-refractivity contribution in [1.82, 2.24) is 0 Å². The molecule has 5 nitrogen and oxygen atoms in total. The summed E-state index contributed by atoms with van der Waals surface area (Å²) in [5.74, 6) is -13.5. The third-order valence-electron chi connectivity index (χ3n) is 3.77. The van der Waals surface area contributed by atoms with Crippen molar-refractivity contribution in [2.45, 2.75) is 16.7 Å². The highest BCUT2D eigenvalue weighted by atomic mass is 32.2. The van der Waals surface area contributed by atoms with Gasteiger partial charge in [-0.2, -0.15) is 0 Å². The van der Waals surface area contributed by atoms with Gasteiger partial charge in [0.05, 0.1) is 39.9 Å². The van der Waals surface area contributed by atoms with E-state index in [1.54, 1.807) is 0 Å². The van der Waals surface area contributed by atoms with Gasteiger partial charge in [0.1, 0.15) is 17.1 Å². The fourth-order valence-corrected chi connectivity index (χ4v) is 3.59. The molecule has 0 N–H and O–H groups in total. The van der Waals surface area contributed by atoms with Crippen molar-refractivity contribution in [3.8, 4) is 5.75 Å². The topological polar surface area (TPSA) is 69.7 Å². The van der Waals surface area contributed by atoms with Crippen molar-refractivity contribution in [3.05, 3.63) is 65.0 Å². The van der Waals surface area contributed by atoms with Gasteiger partial charge in [-0.1, -0.05) is 6.58 Å². The Bertz CT molecular complexity index is 1080. The van der Waals surface area contributed by atoms with Crippen LogP contribution in [-0.2, 0) is 20.3 Å². The van der Waals surface area contributed by atoms with Crippen LogP contribution in [0.4, 0.5) is 22.0 Å². The number of hydrogen-bond acceptors (Lipinski definition) is 5. The molecule has 0 fully saturated rings. The second kappa shape index (κ2) is 9.16. The van der Waals surface area contributed by atoms with Crippen LogP contribution >= 0.6 is 0 Å². The molecule has 160 valence electrons. The third-order valence-corrected chi connectivity index (χ3v) is 5.26. The predicted molar refractivity (Wildman–Crippen MR) is 94.0 cm³/mol. The Balaban J connectivity index is 2.76. The highest BCUT2D eigenvalue weighted by Crippen LogP contribution is 2.33. The fourth-order valence-electron chi connectivity index (χ4n) is 2.32. The van der Waals surface area contributed by atoms with Crippen LogP contribution in [0.2, 0.25) is 0 Å². The number of Topliss-reactive ketones (excluding diaryl/α,β-unsaturated/α-hetero) is 1. The highest BCUT2D eigenvalue weighted by molar-refractivity contribution is 7.85. The summed E-state index contributed by atoms with van der Waals surface area (Å²) in [4.78, 5) is 21.9. The van der Waals surface area contributed by atoms with Gasteiger partial charge in [-0.25, -0.2) is 31.0 Å². The van der Waals surface area contributed by atoms with Crippen LogP contribution < -0.4 is 4.74 Å². The molecule has 2 aromatic carbocycles. The number of halogens is 5. The fraction of sp³-hybridized carbons (Fsp3) is 0.158. The first-order valence-corrected chi connectivity index (χ1v) is 9.23. The van der Waals surface area contributed by atoms with E-state index < -0.39 is 72.6 Å². The van der Waals surface area contributed by atoms with Gasteiger partial charge in [0.2, 0.25) is 5.78 Å². The first-order chi connectivity index (χ1) is 14.1. The molecule has 30 heavy (non-hydrogen) atoms. The van der Waals surface area contributed by atoms with Gasteiger partial charge in [0.15, 0.2) is 23.3 Å². The van der Waals surface area contributed by atoms with Gasteiger partial charge in [-0.15, -0.1) is 0 Å². The number of methoxy groups -OCH3 is 1. The lowest BCUT2D eigenvalue weighted by molar-refractivity contribution is -0.138. The number of carbonyl (C=O) groups is 2. The number of benzene rings is 2. The smallest absolute Gasteiger partial charge is 0.341 e. The molecule has 0 heterocycles. The molecule has 0 aliphatic carbocycles. The number of rotatable bonds is 7. The molecule has 0 saturated heterocycles. The lowest BCUT2D eigenvalue weighted by Gasteiger charge is -2.14. The van der Waals surface area contributed by atoms with E-state index in [-0.39, 0.29) is 12.4 Å². The second-order valence-corrected chi connectivity index (χ2v) is 6.94. The van der Waals surface area contributed by atoms with Crippen LogP contribution in [0, 0.1) is 29.1 Å². The first-order valence-electron chi connectivity index (χ1n) is 8.08. The average Bonchev–Trinajstić information content (AvgIpc) is 2.73.